The van der Waals surface area contributed by atoms with Crippen molar-refractivity contribution in [3.8, 4) is 11.8 Å². The Labute approximate surface area is 216 Å². The number of fused-ring (bicyclic) bond motifs is 2. The molecule has 198 valence electrons. The molecular weight excluding hydrogens is 499 g/mol. The summed E-state index contributed by atoms with van der Waals surface area (Å²) in [4.78, 5) is 21.4. The minimum Gasteiger partial charge on any atom is -0.493 e. The summed E-state index contributed by atoms with van der Waals surface area (Å²) in [5, 5.41) is 17.6. The largest absolute Gasteiger partial charge is 0.493 e. The summed E-state index contributed by atoms with van der Waals surface area (Å²) in [5.41, 5.74) is 2.04. The fourth-order valence-corrected chi connectivity index (χ4v) is 5.33. The highest BCUT2D eigenvalue weighted by Crippen LogP contribution is 2.36. The van der Waals surface area contributed by atoms with Crippen molar-refractivity contribution in [2.75, 3.05) is 31.1 Å². The number of halogens is 3. The number of hydrogen-bond acceptors (Lipinski definition) is 7. The Morgan fingerprint density at radius 3 is 2.61 bits per heavy atom. The number of pyridine rings is 1. The van der Waals surface area contributed by atoms with Crippen LogP contribution in [0.1, 0.15) is 42.9 Å². The lowest BCUT2D eigenvalue weighted by molar-refractivity contribution is -0.148. The van der Waals surface area contributed by atoms with Crippen LogP contribution in [0.2, 0.25) is 0 Å². The zero-order valence-electron chi connectivity index (χ0n) is 20.6. The number of piperidine rings is 1. The molecule has 0 N–H and O–H groups in total. The lowest BCUT2D eigenvalue weighted by Crippen LogP contribution is -2.45. The van der Waals surface area contributed by atoms with Gasteiger partial charge in [-0.05, 0) is 43.7 Å². The third kappa shape index (κ3) is 4.61. The molecule has 1 saturated heterocycles. The van der Waals surface area contributed by atoms with E-state index in [0.717, 1.165) is 26.9 Å². The maximum Gasteiger partial charge on any atom is 0.451 e. The third-order valence-electron chi connectivity index (χ3n) is 7.59. The minimum absolute atomic E-state index is 0.0147. The van der Waals surface area contributed by atoms with E-state index < -0.39 is 12.0 Å². The molecule has 0 bridgehead atoms. The molecule has 4 heterocycles. The first-order valence-corrected chi connectivity index (χ1v) is 12.8. The fourth-order valence-electron chi connectivity index (χ4n) is 5.33. The number of benzene rings is 1. The molecule has 1 saturated carbocycles. The average Bonchev–Trinajstić information content (AvgIpc) is 3.65. The highest BCUT2D eigenvalue weighted by molar-refractivity contribution is 5.95. The van der Waals surface area contributed by atoms with E-state index in [1.54, 1.807) is 11.1 Å². The average molecular weight is 526 g/mol. The SMILES string of the molecule is N#Cc1cnc2cc(OCC3CC3)ccc2c1N1CCC(C(=O)N2CCn3c(nnc3C(F)(F)F)C2)CC1. The highest BCUT2D eigenvalue weighted by Gasteiger charge is 2.40. The molecule has 0 radical (unpaired) electrons. The molecular formula is C26H26F3N7O2. The van der Waals surface area contributed by atoms with Crippen LogP contribution < -0.4 is 9.64 Å². The van der Waals surface area contributed by atoms with Crippen molar-refractivity contribution in [2.45, 2.75) is 44.9 Å². The van der Waals surface area contributed by atoms with Gasteiger partial charge in [-0.25, -0.2) is 0 Å². The molecule has 1 aromatic carbocycles. The maximum absolute atomic E-state index is 13.2. The van der Waals surface area contributed by atoms with Crippen molar-refractivity contribution in [3.05, 3.63) is 41.6 Å². The normalized spacial score (nSPS) is 18.4. The van der Waals surface area contributed by atoms with E-state index in [-0.39, 0.29) is 37.3 Å². The maximum atomic E-state index is 13.2. The zero-order valence-corrected chi connectivity index (χ0v) is 20.6. The van der Waals surface area contributed by atoms with Gasteiger partial charge in [-0.1, -0.05) is 0 Å². The standard InChI is InChI=1S/C26H26F3N7O2/c27-26(28,29)25-33-32-22-14-35(9-10-36(22)25)24(37)17-5-7-34(8-6-17)23-18(12-30)13-31-21-11-19(3-4-20(21)23)38-15-16-1-2-16/h3-4,11,13,16-17H,1-2,5-10,14-15H2. The van der Waals surface area contributed by atoms with Crippen LogP contribution in [-0.2, 0) is 24.1 Å². The van der Waals surface area contributed by atoms with Gasteiger partial charge in [0.25, 0.3) is 0 Å². The number of ether oxygens (including phenoxy) is 1. The van der Waals surface area contributed by atoms with E-state index in [9.17, 15) is 23.2 Å². The number of rotatable bonds is 5. The minimum atomic E-state index is -4.57. The lowest BCUT2D eigenvalue weighted by atomic mass is 9.93. The van der Waals surface area contributed by atoms with Crippen molar-refractivity contribution in [2.24, 2.45) is 11.8 Å². The van der Waals surface area contributed by atoms with Crippen LogP contribution in [0.25, 0.3) is 10.9 Å². The van der Waals surface area contributed by atoms with E-state index in [1.165, 1.54) is 12.8 Å². The van der Waals surface area contributed by atoms with Crippen LogP contribution in [0.5, 0.6) is 5.75 Å². The van der Waals surface area contributed by atoms with Gasteiger partial charge in [-0.15, -0.1) is 10.2 Å². The number of nitrogens with zero attached hydrogens (tertiary/aromatic N) is 7. The molecule has 1 amide bonds. The Morgan fingerprint density at radius 1 is 1.11 bits per heavy atom. The quantitative estimate of drug-likeness (QED) is 0.500. The van der Waals surface area contributed by atoms with Crippen molar-refractivity contribution >= 4 is 22.5 Å². The van der Waals surface area contributed by atoms with E-state index >= 15 is 0 Å². The second-order valence-corrected chi connectivity index (χ2v) is 10.2. The van der Waals surface area contributed by atoms with Gasteiger partial charge in [-0.2, -0.15) is 18.4 Å². The summed E-state index contributed by atoms with van der Waals surface area (Å²) in [5.74, 6) is 0.203. The van der Waals surface area contributed by atoms with E-state index in [1.807, 2.05) is 18.2 Å². The predicted octanol–water partition coefficient (Wildman–Crippen LogP) is 3.76. The molecule has 2 aromatic heterocycles. The van der Waals surface area contributed by atoms with Gasteiger partial charge in [0.15, 0.2) is 5.82 Å². The summed E-state index contributed by atoms with van der Waals surface area (Å²) < 4.78 is 46.3. The van der Waals surface area contributed by atoms with Crippen LogP contribution in [0.4, 0.5) is 18.9 Å². The van der Waals surface area contributed by atoms with Gasteiger partial charge in [0.05, 0.1) is 29.9 Å². The summed E-state index contributed by atoms with van der Waals surface area (Å²) >= 11 is 0. The molecule has 1 aliphatic carbocycles. The first-order chi connectivity index (χ1) is 18.3. The molecule has 0 unspecified atom stereocenters. The highest BCUT2D eigenvalue weighted by atomic mass is 19.4. The van der Waals surface area contributed by atoms with Gasteiger partial charge < -0.3 is 19.1 Å². The van der Waals surface area contributed by atoms with Gasteiger partial charge in [0, 0.05) is 49.7 Å². The van der Waals surface area contributed by atoms with Gasteiger partial charge in [0.1, 0.15) is 11.8 Å². The third-order valence-corrected chi connectivity index (χ3v) is 7.59. The van der Waals surface area contributed by atoms with Crippen LogP contribution in [0.15, 0.2) is 24.4 Å². The Balaban J connectivity index is 1.14. The summed E-state index contributed by atoms with van der Waals surface area (Å²) in [6, 6.07) is 8.00. The van der Waals surface area contributed by atoms with Crippen LogP contribution in [0, 0.1) is 23.2 Å². The summed E-state index contributed by atoms with van der Waals surface area (Å²) in [6.45, 7) is 2.07. The van der Waals surface area contributed by atoms with Gasteiger partial charge >= 0.3 is 6.18 Å². The molecule has 2 fully saturated rings. The number of carbonyl (C=O) groups excluding carboxylic acids is 1. The summed E-state index contributed by atoms with van der Waals surface area (Å²) in [7, 11) is 0. The number of alkyl halides is 3. The Hall–Kier alpha value is -3.88. The summed E-state index contributed by atoms with van der Waals surface area (Å²) in [6.07, 6.45) is 0.574. The molecule has 9 nitrogen and oxygen atoms in total. The number of anilines is 1. The van der Waals surface area contributed by atoms with Gasteiger partial charge in [-0.3, -0.25) is 9.78 Å². The Kier molecular flexibility index (Phi) is 6.08. The molecule has 3 aliphatic rings. The van der Waals surface area contributed by atoms with Crippen molar-refractivity contribution in [1.29, 1.82) is 5.26 Å². The predicted molar refractivity (Wildman–Crippen MR) is 130 cm³/mol. The van der Waals surface area contributed by atoms with E-state index in [0.29, 0.717) is 44.0 Å². The number of nitriles is 1. The van der Waals surface area contributed by atoms with E-state index in [2.05, 4.69) is 26.2 Å². The smallest absolute Gasteiger partial charge is 0.451 e. The molecule has 2 aliphatic heterocycles. The van der Waals surface area contributed by atoms with Crippen LogP contribution in [0.3, 0.4) is 0 Å². The molecule has 38 heavy (non-hydrogen) atoms. The number of carbonyl (C=O) groups is 1. The molecule has 6 rings (SSSR count). The van der Waals surface area contributed by atoms with Crippen molar-refractivity contribution < 1.29 is 22.7 Å². The fraction of sp³-hybridized carbons (Fsp3) is 0.500. The lowest BCUT2D eigenvalue weighted by Gasteiger charge is -2.37. The Morgan fingerprint density at radius 2 is 1.89 bits per heavy atom. The van der Waals surface area contributed by atoms with Crippen molar-refractivity contribution in [3.63, 3.8) is 0 Å². The zero-order chi connectivity index (χ0) is 26.4. The molecule has 0 atom stereocenters. The second-order valence-electron chi connectivity index (χ2n) is 10.2. The number of aromatic nitrogens is 4. The monoisotopic (exact) mass is 525 g/mol. The van der Waals surface area contributed by atoms with Crippen LogP contribution >= 0.6 is 0 Å². The molecule has 0 spiro atoms. The first-order valence-electron chi connectivity index (χ1n) is 12.8. The number of amides is 1. The van der Waals surface area contributed by atoms with Crippen LogP contribution in [-0.4, -0.2) is 56.8 Å². The Bertz CT molecular complexity index is 1420. The topological polar surface area (TPSA) is 100 Å². The van der Waals surface area contributed by atoms with Gasteiger partial charge in [0.2, 0.25) is 11.7 Å². The first kappa shape index (κ1) is 24.5. The van der Waals surface area contributed by atoms with E-state index in [4.69, 9.17) is 4.74 Å². The molecule has 3 aromatic rings. The second kappa shape index (κ2) is 9.45. The number of hydrogen-bond donors (Lipinski definition) is 0. The molecule has 12 heteroatoms. The van der Waals surface area contributed by atoms with Crippen molar-refractivity contribution in [1.82, 2.24) is 24.6 Å².